The summed E-state index contributed by atoms with van der Waals surface area (Å²) in [7, 11) is 1.21. The molecule has 1 rings (SSSR count). The van der Waals surface area contributed by atoms with Gasteiger partial charge in [-0.1, -0.05) is 0 Å². The lowest BCUT2D eigenvalue weighted by atomic mass is 10.1. The second kappa shape index (κ2) is 5.87. The van der Waals surface area contributed by atoms with Gasteiger partial charge in [0, 0.05) is 6.54 Å². The first-order chi connectivity index (χ1) is 8.76. The first-order valence-corrected chi connectivity index (χ1v) is 5.29. The highest BCUT2D eigenvalue weighted by Gasteiger charge is 2.32. The fourth-order valence-electron chi connectivity index (χ4n) is 1.44. The largest absolute Gasteiger partial charge is 0.573 e. The van der Waals surface area contributed by atoms with E-state index in [-0.39, 0.29) is 24.4 Å². The fourth-order valence-corrected chi connectivity index (χ4v) is 1.44. The minimum Gasteiger partial charge on any atom is -0.469 e. The van der Waals surface area contributed by atoms with Crippen LogP contribution in [-0.2, 0) is 22.5 Å². The number of esters is 1. The number of carbonyl (C=O) groups excluding carboxylic acids is 1. The number of nitrogens with zero attached hydrogens (tertiary/aromatic N) is 1. The zero-order valence-corrected chi connectivity index (χ0v) is 10.4. The number of aromatic nitrogens is 1. The SMILES string of the molecule is COC(=O)Cc1nc(C)c(OC(F)(F)F)cc1CN. The van der Waals surface area contributed by atoms with Crippen molar-refractivity contribution in [3.8, 4) is 5.75 Å². The van der Waals surface area contributed by atoms with Crippen LogP contribution in [0.5, 0.6) is 5.75 Å². The standard InChI is InChI=1S/C11H13F3N2O3/c1-6-9(19-11(12,13)14)3-7(5-15)8(16-6)4-10(17)18-2/h3H,4-5,15H2,1-2H3. The van der Waals surface area contributed by atoms with Gasteiger partial charge in [-0.2, -0.15) is 0 Å². The molecule has 1 aromatic rings. The van der Waals surface area contributed by atoms with Crippen molar-refractivity contribution in [3.05, 3.63) is 23.0 Å². The van der Waals surface area contributed by atoms with E-state index in [4.69, 9.17) is 5.73 Å². The molecule has 0 aromatic carbocycles. The summed E-state index contributed by atoms with van der Waals surface area (Å²) < 4.78 is 44.8. The number of hydrogen-bond acceptors (Lipinski definition) is 5. The molecule has 0 radical (unpaired) electrons. The minimum atomic E-state index is -4.80. The predicted octanol–water partition coefficient (Wildman–Crippen LogP) is 1.46. The third kappa shape index (κ3) is 4.40. The molecule has 0 atom stereocenters. The Hall–Kier alpha value is -1.83. The number of carbonyl (C=O) groups is 1. The first kappa shape index (κ1) is 15.2. The lowest BCUT2D eigenvalue weighted by Gasteiger charge is -2.14. The molecule has 0 aliphatic rings. The van der Waals surface area contributed by atoms with Crippen molar-refractivity contribution in [2.24, 2.45) is 5.73 Å². The highest BCUT2D eigenvalue weighted by Crippen LogP contribution is 2.27. The van der Waals surface area contributed by atoms with Crippen LogP contribution in [0.15, 0.2) is 6.07 Å². The van der Waals surface area contributed by atoms with E-state index in [9.17, 15) is 18.0 Å². The second-order valence-corrected chi connectivity index (χ2v) is 3.68. The van der Waals surface area contributed by atoms with E-state index in [2.05, 4.69) is 14.5 Å². The monoisotopic (exact) mass is 278 g/mol. The van der Waals surface area contributed by atoms with Gasteiger partial charge in [0.15, 0.2) is 5.75 Å². The number of aryl methyl sites for hydroxylation is 1. The van der Waals surface area contributed by atoms with Gasteiger partial charge in [0.1, 0.15) is 0 Å². The molecule has 0 saturated heterocycles. The molecule has 0 amide bonds. The maximum absolute atomic E-state index is 12.2. The zero-order valence-electron chi connectivity index (χ0n) is 10.4. The summed E-state index contributed by atoms with van der Waals surface area (Å²) >= 11 is 0. The quantitative estimate of drug-likeness (QED) is 0.844. The van der Waals surface area contributed by atoms with Gasteiger partial charge in [-0.15, -0.1) is 13.2 Å². The molecule has 19 heavy (non-hydrogen) atoms. The van der Waals surface area contributed by atoms with Crippen LogP contribution in [0, 0.1) is 6.92 Å². The lowest BCUT2D eigenvalue weighted by molar-refractivity contribution is -0.275. The Bertz CT molecular complexity index is 475. The average molecular weight is 278 g/mol. The van der Waals surface area contributed by atoms with Crippen molar-refractivity contribution in [1.82, 2.24) is 4.98 Å². The number of hydrogen-bond donors (Lipinski definition) is 1. The number of ether oxygens (including phenoxy) is 2. The number of pyridine rings is 1. The molecule has 0 aliphatic carbocycles. The van der Waals surface area contributed by atoms with Crippen molar-refractivity contribution >= 4 is 5.97 Å². The molecule has 106 valence electrons. The first-order valence-electron chi connectivity index (χ1n) is 5.29. The maximum Gasteiger partial charge on any atom is 0.573 e. The molecule has 0 spiro atoms. The number of nitrogens with two attached hydrogens (primary N) is 1. The Balaban J connectivity index is 3.10. The van der Waals surface area contributed by atoms with Crippen LogP contribution in [0.4, 0.5) is 13.2 Å². The lowest BCUT2D eigenvalue weighted by Crippen LogP contribution is -2.19. The smallest absolute Gasteiger partial charge is 0.469 e. The normalized spacial score (nSPS) is 11.3. The summed E-state index contributed by atoms with van der Waals surface area (Å²) in [6, 6.07) is 1.13. The predicted molar refractivity (Wildman–Crippen MR) is 59.3 cm³/mol. The molecule has 0 aliphatic heterocycles. The maximum atomic E-state index is 12.2. The summed E-state index contributed by atoms with van der Waals surface area (Å²) in [6.45, 7) is 1.29. The van der Waals surface area contributed by atoms with Crippen molar-refractivity contribution < 1.29 is 27.4 Å². The molecular weight excluding hydrogens is 265 g/mol. The summed E-state index contributed by atoms with van der Waals surface area (Å²) in [5, 5.41) is 0. The van der Waals surface area contributed by atoms with Crippen molar-refractivity contribution in [1.29, 1.82) is 0 Å². The number of rotatable bonds is 4. The molecule has 5 nitrogen and oxygen atoms in total. The second-order valence-electron chi connectivity index (χ2n) is 3.68. The van der Waals surface area contributed by atoms with Gasteiger partial charge in [0.2, 0.25) is 0 Å². The molecule has 0 saturated carbocycles. The van der Waals surface area contributed by atoms with Gasteiger partial charge in [-0.25, -0.2) is 0 Å². The average Bonchev–Trinajstić information content (AvgIpc) is 2.30. The van der Waals surface area contributed by atoms with Gasteiger partial charge in [0.25, 0.3) is 0 Å². The Morgan fingerprint density at radius 1 is 1.47 bits per heavy atom. The van der Waals surface area contributed by atoms with E-state index in [0.717, 1.165) is 6.07 Å². The van der Waals surface area contributed by atoms with Crippen molar-refractivity contribution in [2.45, 2.75) is 26.3 Å². The van der Waals surface area contributed by atoms with Crippen LogP contribution in [-0.4, -0.2) is 24.4 Å². The molecule has 1 aromatic heterocycles. The third-order valence-electron chi connectivity index (χ3n) is 2.32. The number of methoxy groups -OCH3 is 1. The summed E-state index contributed by atoms with van der Waals surface area (Å²) in [4.78, 5) is 15.1. The minimum absolute atomic E-state index is 0.0217. The number of halogens is 3. The molecular formula is C11H13F3N2O3. The van der Waals surface area contributed by atoms with Crippen LogP contribution in [0.3, 0.4) is 0 Å². The highest BCUT2D eigenvalue weighted by molar-refractivity contribution is 5.72. The van der Waals surface area contributed by atoms with Gasteiger partial charge in [-0.3, -0.25) is 9.78 Å². The van der Waals surface area contributed by atoms with E-state index in [0.29, 0.717) is 5.56 Å². The topological polar surface area (TPSA) is 74.4 Å². The molecule has 1 heterocycles. The summed E-state index contributed by atoms with van der Waals surface area (Å²) in [5.74, 6) is -0.979. The molecule has 2 N–H and O–H groups in total. The van der Waals surface area contributed by atoms with Crippen LogP contribution < -0.4 is 10.5 Å². The Labute approximate surface area is 107 Å². The van der Waals surface area contributed by atoms with Crippen LogP contribution in [0.1, 0.15) is 17.0 Å². The highest BCUT2D eigenvalue weighted by atomic mass is 19.4. The third-order valence-corrected chi connectivity index (χ3v) is 2.32. The van der Waals surface area contributed by atoms with Crippen molar-refractivity contribution in [2.75, 3.05) is 7.11 Å². The number of alkyl halides is 3. The van der Waals surface area contributed by atoms with E-state index in [1.54, 1.807) is 0 Å². The van der Waals surface area contributed by atoms with E-state index >= 15 is 0 Å². The van der Waals surface area contributed by atoms with Gasteiger partial charge in [0.05, 0.1) is 24.9 Å². The molecule has 0 fully saturated rings. The van der Waals surface area contributed by atoms with Gasteiger partial charge < -0.3 is 15.2 Å². The molecule has 0 bridgehead atoms. The fraction of sp³-hybridized carbons (Fsp3) is 0.455. The summed E-state index contributed by atoms with van der Waals surface area (Å²) in [5.41, 5.74) is 6.02. The molecule has 0 unspecified atom stereocenters. The Kier molecular flexibility index (Phi) is 4.71. The summed E-state index contributed by atoms with van der Waals surface area (Å²) in [6.07, 6.45) is -4.96. The molecule has 8 heteroatoms. The van der Waals surface area contributed by atoms with Crippen LogP contribution >= 0.6 is 0 Å². The van der Waals surface area contributed by atoms with E-state index < -0.39 is 18.1 Å². The van der Waals surface area contributed by atoms with Gasteiger partial charge >= 0.3 is 12.3 Å². The Morgan fingerprint density at radius 3 is 2.58 bits per heavy atom. The van der Waals surface area contributed by atoms with Crippen LogP contribution in [0.25, 0.3) is 0 Å². The van der Waals surface area contributed by atoms with Crippen LogP contribution in [0.2, 0.25) is 0 Å². The Morgan fingerprint density at radius 2 is 2.11 bits per heavy atom. The zero-order chi connectivity index (χ0) is 14.6. The van der Waals surface area contributed by atoms with Crippen molar-refractivity contribution in [3.63, 3.8) is 0 Å². The van der Waals surface area contributed by atoms with E-state index in [1.807, 2.05) is 0 Å². The van der Waals surface area contributed by atoms with E-state index in [1.165, 1.54) is 14.0 Å². The van der Waals surface area contributed by atoms with Gasteiger partial charge in [-0.05, 0) is 18.6 Å².